The zero-order valence-corrected chi connectivity index (χ0v) is 19.6. The van der Waals surface area contributed by atoms with Gasteiger partial charge in [0.1, 0.15) is 0 Å². The summed E-state index contributed by atoms with van der Waals surface area (Å²) >= 11 is 12.1. The van der Waals surface area contributed by atoms with Gasteiger partial charge in [0.05, 0.1) is 18.5 Å². The van der Waals surface area contributed by atoms with Gasteiger partial charge in [-0.15, -0.1) is 0 Å². The van der Waals surface area contributed by atoms with Crippen LogP contribution in [0.3, 0.4) is 0 Å². The van der Waals surface area contributed by atoms with Gasteiger partial charge in [-0.1, -0.05) is 41.4 Å². The van der Waals surface area contributed by atoms with Gasteiger partial charge in [-0.2, -0.15) is 0 Å². The van der Waals surface area contributed by atoms with Crippen LogP contribution in [0.2, 0.25) is 10.0 Å². The molecule has 3 aromatic carbocycles. The van der Waals surface area contributed by atoms with Crippen LogP contribution in [-0.2, 0) is 16.6 Å². The maximum Gasteiger partial charge on any atom is 0.255 e. The van der Waals surface area contributed by atoms with Crippen LogP contribution >= 0.6 is 23.2 Å². The number of carbonyl (C=O) groups is 1. The van der Waals surface area contributed by atoms with Crippen LogP contribution in [0.15, 0.2) is 60.7 Å². The SMILES string of the molecule is Cc1cc(C)cc(NC(=O)c2ccc(CN(c3cc(Cl)cc(Cl)c3)S(C)(=O)=O)cc2)c1. The predicted molar refractivity (Wildman–Crippen MR) is 128 cm³/mol. The largest absolute Gasteiger partial charge is 0.322 e. The summed E-state index contributed by atoms with van der Waals surface area (Å²) in [6, 6.07) is 17.2. The molecule has 31 heavy (non-hydrogen) atoms. The Morgan fingerprint density at radius 3 is 1.97 bits per heavy atom. The minimum atomic E-state index is -3.59. The van der Waals surface area contributed by atoms with Gasteiger partial charge < -0.3 is 5.32 Å². The number of nitrogens with zero attached hydrogens (tertiary/aromatic N) is 1. The molecule has 0 aliphatic carbocycles. The van der Waals surface area contributed by atoms with Crippen LogP contribution < -0.4 is 9.62 Å². The fourth-order valence-corrected chi connectivity index (χ4v) is 4.65. The molecule has 0 spiro atoms. The summed E-state index contributed by atoms with van der Waals surface area (Å²) < 4.78 is 26.0. The predicted octanol–water partition coefficient (Wildman–Crippen LogP) is 5.83. The molecule has 0 unspecified atom stereocenters. The third kappa shape index (κ3) is 6.23. The Kier molecular flexibility index (Phi) is 6.94. The van der Waals surface area contributed by atoms with Gasteiger partial charge in [-0.25, -0.2) is 8.42 Å². The molecule has 0 fully saturated rings. The highest BCUT2D eigenvalue weighted by Crippen LogP contribution is 2.28. The van der Waals surface area contributed by atoms with Crippen LogP contribution in [0.1, 0.15) is 27.0 Å². The molecule has 3 rings (SSSR count). The van der Waals surface area contributed by atoms with Crippen molar-refractivity contribution in [3.05, 3.63) is 93.0 Å². The summed E-state index contributed by atoms with van der Waals surface area (Å²) in [5, 5.41) is 3.57. The molecule has 0 heterocycles. The summed E-state index contributed by atoms with van der Waals surface area (Å²) in [5.74, 6) is -0.238. The Morgan fingerprint density at radius 2 is 1.45 bits per heavy atom. The third-order valence-electron chi connectivity index (χ3n) is 4.56. The monoisotopic (exact) mass is 476 g/mol. The second kappa shape index (κ2) is 9.30. The number of nitrogens with one attached hydrogen (secondary N) is 1. The highest BCUT2D eigenvalue weighted by molar-refractivity contribution is 7.92. The van der Waals surface area contributed by atoms with Crippen LogP contribution in [-0.4, -0.2) is 20.6 Å². The Bertz CT molecular complexity index is 1190. The number of sulfonamides is 1. The molecule has 0 saturated carbocycles. The number of amides is 1. The van der Waals surface area contributed by atoms with E-state index in [1.54, 1.807) is 36.4 Å². The number of rotatable bonds is 6. The number of anilines is 2. The summed E-state index contributed by atoms with van der Waals surface area (Å²) in [6.07, 6.45) is 1.12. The van der Waals surface area contributed by atoms with E-state index in [2.05, 4.69) is 5.32 Å². The van der Waals surface area contributed by atoms with Gasteiger partial charge in [0.15, 0.2) is 0 Å². The number of hydrogen-bond acceptors (Lipinski definition) is 3. The van der Waals surface area contributed by atoms with E-state index in [0.29, 0.717) is 26.9 Å². The van der Waals surface area contributed by atoms with Crippen molar-refractivity contribution in [1.29, 1.82) is 0 Å². The van der Waals surface area contributed by atoms with Crippen LogP contribution in [0.5, 0.6) is 0 Å². The molecule has 0 saturated heterocycles. The molecule has 1 amide bonds. The van der Waals surface area contributed by atoms with E-state index in [4.69, 9.17) is 23.2 Å². The quantitative estimate of drug-likeness (QED) is 0.486. The van der Waals surface area contributed by atoms with Gasteiger partial charge in [-0.3, -0.25) is 9.10 Å². The minimum absolute atomic E-state index is 0.0779. The molecule has 0 aliphatic heterocycles. The summed E-state index contributed by atoms with van der Waals surface area (Å²) in [4.78, 5) is 12.6. The van der Waals surface area contributed by atoms with Gasteiger partial charge in [-0.05, 0) is 73.0 Å². The van der Waals surface area contributed by atoms with Crippen LogP contribution in [0, 0.1) is 13.8 Å². The van der Waals surface area contributed by atoms with E-state index < -0.39 is 10.0 Å². The van der Waals surface area contributed by atoms with Crippen molar-refractivity contribution in [1.82, 2.24) is 0 Å². The molecule has 0 atom stereocenters. The highest BCUT2D eigenvalue weighted by Gasteiger charge is 2.19. The fourth-order valence-electron chi connectivity index (χ4n) is 3.26. The van der Waals surface area contributed by atoms with E-state index in [1.807, 2.05) is 32.0 Å². The first-order valence-corrected chi connectivity index (χ1v) is 12.0. The lowest BCUT2D eigenvalue weighted by Crippen LogP contribution is -2.29. The van der Waals surface area contributed by atoms with Gasteiger partial charge in [0.25, 0.3) is 5.91 Å². The maximum atomic E-state index is 12.6. The summed E-state index contributed by atoms with van der Waals surface area (Å²) in [6.45, 7) is 4.02. The minimum Gasteiger partial charge on any atom is -0.322 e. The first kappa shape index (κ1) is 23.1. The first-order valence-electron chi connectivity index (χ1n) is 9.44. The van der Waals surface area contributed by atoms with Crippen LogP contribution in [0.25, 0.3) is 0 Å². The molecule has 0 aromatic heterocycles. The smallest absolute Gasteiger partial charge is 0.255 e. The van der Waals surface area contributed by atoms with Crippen molar-refractivity contribution in [2.75, 3.05) is 15.9 Å². The number of halogens is 2. The van der Waals surface area contributed by atoms with Crippen molar-refractivity contribution in [3.8, 4) is 0 Å². The molecule has 0 aliphatic rings. The number of aryl methyl sites for hydroxylation is 2. The van der Waals surface area contributed by atoms with Crippen molar-refractivity contribution in [2.45, 2.75) is 20.4 Å². The average molecular weight is 477 g/mol. The Labute approximate surface area is 192 Å². The Balaban J connectivity index is 1.80. The number of carbonyl (C=O) groups excluding carboxylic acids is 1. The normalized spacial score (nSPS) is 11.3. The van der Waals surface area contributed by atoms with Crippen molar-refractivity contribution < 1.29 is 13.2 Å². The van der Waals surface area contributed by atoms with Crippen molar-refractivity contribution in [3.63, 3.8) is 0 Å². The van der Waals surface area contributed by atoms with E-state index in [9.17, 15) is 13.2 Å². The van der Waals surface area contributed by atoms with Gasteiger partial charge in [0, 0.05) is 21.3 Å². The van der Waals surface area contributed by atoms with E-state index in [-0.39, 0.29) is 12.5 Å². The second-order valence-electron chi connectivity index (χ2n) is 7.42. The number of benzene rings is 3. The van der Waals surface area contributed by atoms with Crippen LogP contribution in [0.4, 0.5) is 11.4 Å². The average Bonchev–Trinajstić information content (AvgIpc) is 2.64. The van der Waals surface area contributed by atoms with E-state index in [1.165, 1.54) is 10.4 Å². The van der Waals surface area contributed by atoms with E-state index in [0.717, 1.165) is 23.1 Å². The summed E-state index contributed by atoms with van der Waals surface area (Å²) in [5.41, 5.74) is 4.41. The lowest BCUT2D eigenvalue weighted by Gasteiger charge is -2.23. The molecular formula is C23H22Cl2N2O3S. The van der Waals surface area contributed by atoms with E-state index >= 15 is 0 Å². The molecule has 8 heteroatoms. The molecule has 5 nitrogen and oxygen atoms in total. The third-order valence-corrected chi connectivity index (χ3v) is 6.13. The fraction of sp³-hybridized carbons (Fsp3) is 0.174. The zero-order valence-electron chi connectivity index (χ0n) is 17.3. The standard InChI is InChI=1S/C23H22Cl2N2O3S/c1-15-8-16(2)10-21(9-15)26-23(28)18-6-4-17(5-7-18)14-27(31(3,29)30)22-12-19(24)11-20(25)13-22/h4-13H,14H2,1-3H3,(H,26,28). The van der Waals surface area contributed by atoms with Gasteiger partial charge >= 0.3 is 0 Å². The zero-order chi connectivity index (χ0) is 22.8. The molecule has 3 aromatic rings. The molecule has 0 radical (unpaired) electrons. The Hall–Kier alpha value is -2.54. The van der Waals surface area contributed by atoms with Crippen molar-refractivity contribution >= 4 is 50.5 Å². The van der Waals surface area contributed by atoms with Gasteiger partial charge in [0.2, 0.25) is 10.0 Å². The maximum absolute atomic E-state index is 12.6. The lowest BCUT2D eigenvalue weighted by atomic mass is 10.1. The van der Waals surface area contributed by atoms with Crippen molar-refractivity contribution in [2.24, 2.45) is 0 Å². The number of hydrogen-bond donors (Lipinski definition) is 1. The Morgan fingerprint density at radius 1 is 0.903 bits per heavy atom. The first-order chi connectivity index (χ1) is 14.5. The molecular weight excluding hydrogens is 455 g/mol. The lowest BCUT2D eigenvalue weighted by molar-refractivity contribution is 0.102. The second-order valence-corrected chi connectivity index (χ2v) is 10.2. The topological polar surface area (TPSA) is 66.5 Å². The highest BCUT2D eigenvalue weighted by atomic mass is 35.5. The molecule has 0 bridgehead atoms. The molecule has 162 valence electrons. The summed E-state index contributed by atoms with van der Waals surface area (Å²) in [7, 11) is -3.59. The molecule has 1 N–H and O–H groups in total.